The molecule has 1 aliphatic rings. The number of amides is 4. The van der Waals surface area contributed by atoms with Gasteiger partial charge in [-0.05, 0) is 45.2 Å². The van der Waals surface area contributed by atoms with Crippen LogP contribution in [-0.4, -0.2) is 51.1 Å². The van der Waals surface area contributed by atoms with Crippen LogP contribution < -0.4 is 0 Å². The van der Waals surface area contributed by atoms with E-state index in [4.69, 9.17) is 0 Å². The molecule has 3 rings (SSSR count). The van der Waals surface area contributed by atoms with Crippen molar-refractivity contribution < 1.29 is 19.2 Å². The molecule has 148 valence electrons. The van der Waals surface area contributed by atoms with Crippen molar-refractivity contribution in [1.82, 2.24) is 14.4 Å². The molecule has 0 saturated carbocycles. The first-order chi connectivity index (χ1) is 13.2. The van der Waals surface area contributed by atoms with E-state index < -0.39 is 24.4 Å². The smallest absolute Gasteiger partial charge is 0.334 e. The Balaban J connectivity index is 1.74. The number of carbonyl (C=O) groups excluding carboxylic acids is 4. The molecular formula is C20H23N3O4S. The van der Waals surface area contributed by atoms with Gasteiger partial charge in [-0.15, -0.1) is 11.3 Å². The molecule has 7 nitrogen and oxygen atoms in total. The molecule has 0 unspecified atom stereocenters. The van der Waals surface area contributed by atoms with Crippen LogP contribution in [-0.2, 0) is 16.0 Å². The third kappa shape index (κ3) is 3.52. The average molecular weight is 401 g/mol. The fourth-order valence-corrected chi connectivity index (χ4v) is 4.34. The minimum absolute atomic E-state index is 0.122. The molecule has 28 heavy (non-hydrogen) atoms. The van der Waals surface area contributed by atoms with Crippen molar-refractivity contribution in [3.05, 3.63) is 45.4 Å². The Morgan fingerprint density at radius 2 is 1.79 bits per heavy atom. The topological polar surface area (TPSA) is 79.7 Å². The fourth-order valence-electron chi connectivity index (χ4n) is 3.65. The maximum atomic E-state index is 12.8. The molecule has 1 aliphatic heterocycles. The van der Waals surface area contributed by atoms with Gasteiger partial charge >= 0.3 is 17.8 Å². The van der Waals surface area contributed by atoms with Crippen molar-refractivity contribution in [1.29, 1.82) is 0 Å². The number of carbonyl (C=O) groups is 4. The van der Waals surface area contributed by atoms with E-state index in [-0.39, 0.29) is 18.4 Å². The minimum atomic E-state index is -0.942. The molecule has 0 radical (unpaired) electrons. The second-order valence-corrected chi connectivity index (χ2v) is 8.16. The third-order valence-corrected chi connectivity index (χ3v) is 5.84. The molecular weight excluding hydrogens is 378 g/mol. The molecule has 2 aromatic heterocycles. The highest BCUT2D eigenvalue weighted by molar-refractivity contribution is 7.09. The summed E-state index contributed by atoms with van der Waals surface area (Å²) >= 11 is 1.52. The standard InChI is InChI=1S/C20H23N3O4S/c1-12(2)23-13(3)10-16(14(23)4)17(24)11-22-19(26)18(25)21(20(22)27)8-7-15-6-5-9-28-15/h5-6,9-10,12H,7-8,11H2,1-4H3. The van der Waals surface area contributed by atoms with E-state index in [1.54, 1.807) is 6.07 Å². The monoisotopic (exact) mass is 401 g/mol. The first kappa shape index (κ1) is 20.0. The van der Waals surface area contributed by atoms with E-state index in [2.05, 4.69) is 0 Å². The van der Waals surface area contributed by atoms with Gasteiger partial charge in [0, 0.05) is 40.8 Å². The zero-order valence-corrected chi connectivity index (χ0v) is 17.2. The lowest BCUT2D eigenvalue weighted by molar-refractivity contribution is -0.143. The summed E-state index contributed by atoms with van der Waals surface area (Å²) in [6, 6.07) is 5.02. The number of rotatable bonds is 7. The SMILES string of the molecule is Cc1cc(C(=O)CN2C(=O)C(=O)N(CCc3cccs3)C2=O)c(C)n1C(C)C. The van der Waals surface area contributed by atoms with Gasteiger partial charge in [0.1, 0.15) is 0 Å². The maximum absolute atomic E-state index is 12.8. The Morgan fingerprint density at radius 3 is 2.36 bits per heavy atom. The second-order valence-electron chi connectivity index (χ2n) is 7.13. The average Bonchev–Trinajstić information content (AvgIpc) is 3.30. The van der Waals surface area contributed by atoms with Crippen LogP contribution in [0.25, 0.3) is 0 Å². The van der Waals surface area contributed by atoms with Gasteiger partial charge in [-0.25, -0.2) is 9.69 Å². The van der Waals surface area contributed by atoms with Crippen LogP contribution >= 0.6 is 11.3 Å². The summed E-state index contributed by atoms with van der Waals surface area (Å²) in [5, 5.41) is 1.91. The van der Waals surface area contributed by atoms with Crippen molar-refractivity contribution in [2.45, 2.75) is 40.2 Å². The zero-order chi connectivity index (χ0) is 20.6. The zero-order valence-electron chi connectivity index (χ0n) is 16.4. The van der Waals surface area contributed by atoms with Crippen LogP contribution in [0.3, 0.4) is 0 Å². The second kappa shape index (κ2) is 7.71. The summed E-state index contributed by atoms with van der Waals surface area (Å²) in [6.07, 6.45) is 0.486. The van der Waals surface area contributed by atoms with Gasteiger partial charge in [-0.3, -0.25) is 19.3 Å². The van der Waals surface area contributed by atoms with Gasteiger partial charge in [0.05, 0.1) is 6.54 Å². The molecule has 3 heterocycles. The highest BCUT2D eigenvalue weighted by Gasteiger charge is 2.45. The predicted molar refractivity (Wildman–Crippen MR) is 105 cm³/mol. The Kier molecular flexibility index (Phi) is 5.51. The largest absolute Gasteiger partial charge is 0.346 e. The highest BCUT2D eigenvalue weighted by Crippen LogP contribution is 2.22. The predicted octanol–water partition coefficient (Wildman–Crippen LogP) is 2.96. The number of hydrogen-bond donors (Lipinski definition) is 0. The number of ketones is 1. The lowest BCUT2D eigenvalue weighted by Crippen LogP contribution is -2.37. The Hall–Kier alpha value is -2.74. The Bertz CT molecular complexity index is 943. The Morgan fingerprint density at radius 1 is 1.11 bits per heavy atom. The highest BCUT2D eigenvalue weighted by atomic mass is 32.1. The van der Waals surface area contributed by atoms with Gasteiger partial charge in [-0.2, -0.15) is 0 Å². The molecule has 0 spiro atoms. The fraction of sp³-hybridized carbons (Fsp3) is 0.400. The van der Waals surface area contributed by atoms with Crippen LogP contribution in [0, 0.1) is 13.8 Å². The maximum Gasteiger partial charge on any atom is 0.334 e. The van der Waals surface area contributed by atoms with E-state index in [1.807, 2.05) is 49.8 Å². The van der Waals surface area contributed by atoms with Crippen molar-refractivity contribution in [3.8, 4) is 0 Å². The van der Waals surface area contributed by atoms with Crippen LogP contribution in [0.2, 0.25) is 0 Å². The van der Waals surface area contributed by atoms with E-state index in [0.29, 0.717) is 12.0 Å². The number of aromatic nitrogens is 1. The Labute approximate surface area is 167 Å². The number of imide groups is 2. The van der Waals surface area contributed by atoms with Crippen molar-refractivity contribution in [2.24, 2.45) is 0 Å². The molecule has 4 amide bonds. The van der Waals surface area contributed by atoms with Crippen molar-refractivity contribution in [3.63, 3.8) is 0 Å². The van der Waals surface area contributed by atoms with Gasteiger partial charge in [0.15, 0.2) is 5.78 Å². The van der Waals surface area contributed by atoms with E-state index in [1.165, 1.54) is 11.3 Å². The minimum Gasteiger partial charge on any atom is -0.346 e. The number of aryl methyl sites for hydroxylation is 1. The summed E-state index contributed by atoms with van der Waals surface area (Å²) < 4.78 is 2.03. The molecule has 1 fully saturated rings. The van der Waals surface area contributed by atoms with Crippen molar-refractivity contribution in [2.75, 3.05) is 13.1 Å². The number of urea groups is 1. The number of nitrogens with zero attached hydrogens (tertiary/aromatic N) is 3. The summed E-state index contributed by atoms with van der Waals surface area (Å²) in [7, 11) is 0. The van der Waals surface area contributed by atoms with E-state index in [9.17, 15) is 19.2 Å². The lowest BCUT2D eigenvalue weighted by Gasteiger charge is -2.15. The van der Waals surface area contributed by atoms with E-state index >= 15 is 0 Å². The molecule has 0 N–H and O–H groups in total. The molecule has 2 aromatic rings. The first-order valence-electron chi connectivity index (χ1n) is 9.13. The third-order valence-electron chi connectivity index (χ3n) is 4.90. The van der Waals surface area contributed by atoms with Gasteiger partial charge in [-0.1, -0.05) is 6.07 Å². The first-order valence-corrected chi connectivity index (χ1v) is 10.0. The molecule has 0 bridgehead atoms. The van der Waals surface area contributed by atoms with Crippen LogP contribution in [0.1, 0.15) is 46.5 Å². The normalized spacial score (nSPS) is 14.7. The number of hydrogen-bond acceptors (Lipinski definition) is 5. The van der Waals surface area contributed by atoms with Crippen LogP contribution in [0.15, 0.2) is 23.6 Å². The number of thiophene rings is 1. The van der Waals surface area contributed by atoms with Crippen LogP contribution in [0.5, 0.6) is 0 Å². The number of Topliss-reactive ketones (excluding diaryl/α,β-unsaturated/α-hetero) is 1. The summed E-state index contributed by atoms with van der Waals surface area (Å²) in [4.78, 5) is 52.5. The summed E-state index contributed by atoms with van der Waals surface area (Å²) in [6.45, 7) is 7.48. The summed E-state index contributed by atoms with van der Waals surface area (Å²) in [5.41, 5.74) is 2.19. The summed E-state index contributed by atoms with van der Waals surface area (Å²) in [5.74, 6) is -2.17. The molecule has 0 atom stereocenters. The molecule has 1 saturated heterocycles. The van der Waals surface area contributed by atoms with Crippen LogP contribution in [0.4, 0.5) is 4.79 Å². The van der Waals surface area contributed by atoms with E-state index in [0.717, 1.165) is 26.1 Å². The van der Waals surface area contributed by atoms with Gasteiger partial charge < -0.3 is 4.57 Å². The van der Waals surface area contributed by atoms with Gasteiger partial charge in [0.2, 0.25) is 0 Å². The van der Waals surface area contributed by atoms with Crippen molar-refractivity contribution >= 4 is 35.0 Å². The molecule has 0 aliphatic carbocycles. The van der Waals surface area contributed by atoms with Gasteiger partial charge in [0.25, 0.3) is 0 Å². The molecule has 8 heteroatoms. The molecule has 0 aromatic carbocycles. The lowest BCUT2D eigenvalue weighted by atomic mass is 10.1. The quantitative estimate of drug-likeness (QED) is 0.406.